The zero-order valence-electron chi connectivity index (χ0n) is 10.1. The van der Waals surface area contributed by atoms with E-state index in [4.69, 9.17) is 0 Å². The molecule has 1 aliphatic rings. The molecule has 0 bridgehead atoms. The molecule has 0 aliphatic carbocycles. The first-order valence-electron chi connectivity index (χ1n) is 6.13. The molecule has 84 valence electrons. The lowest BCUT2D eigenvalue weighted by molar-refractivity contribution is 0.161. The van der Waals surface area contributed by atoms with Gasteiger partial charge in [0.15, 0.2) is 0 Å². The van der Waals surface area contributed by atoms with Gasteiger partial charge in [0.2, 0.25) is 0 Å². The Morgan fingerprint density at radius 1 is 1.14 bits per heavy atom. The van der Waals surface area contributed by atoms with Crippen molar-refractivity contribution >= 4 is 0 Å². The average molecular weight is 198 g/mol. The summed E-state index contributed by atoms with van der Waals surface area (Å²) < 4.78 is 0. The predicted octanol–water partition coefficient (Wildman–Crippen LogP) is 2.11. The molecule has 0 saturated carbocycles. The molecule has 0 unspecified atom stereocenters. The van der Waals surface area contributed by atoms with Crippen LogP contribution in [-0.4, -0.2) is 37.6 Å². The molecule has 0 atom stereocenters. The van der Waals surface area contributed by atoms with Crippen LogP contribution in [0.2, 0.25) is 0 Å². The maximum absolute atomic E-state index is 3.46. The van der Waals surface area contributed by atoms with Crippen molar-refractivity contribution in [2.45, 2.75) is 40.0 Å². The SMILES string of the molecule is CCC(C)(CC)CN1CCCNCC1. The van der Waals surface area contributed by atoms with Crippen LogP contribution in [0.15, 0.2) is 0 Å². The standard InChI is InChI=1S/C12H26N2/c1-4-12(3,5-2)11-14-9-6-7-13-8-10-14/h13H,4-11H2,1-3H3. The highest BCUT2D eigenvalue weighted by atomic mass is 15.2. The molecule has 1 fully saturated rings. The molecule has 1 aliphatic heterocycles. The summed E-state index contributed by atoms with van der Waals surface area (Å²) in [5.74, 6) is 0. The molecule has 1 heterocycles. The van der Waals surface area contributed by atoms with Crippen LogP contribution in [0, 0.1) is 5.41 Å². The van der Waals surface area contributed by atoms with Crippen LogP contribution < -0.4 is 5.32 Å². The van der Waals surface area contributed by atoms with E-state index in [1.165, 1.54) is 52.0 Å². The Bertz CT molecular complexity index is 144. The molecule has 2 heteroatoms. The van der Waals surface area contributed by atoms with Crippen LogP contribution in [0.1, 0.15) is 40.0 Å². The molecule has 0 radical (unpaired) electrons. The van der Waals surface area contributed by atoms with E-state index in [-0.39, 0.29) is 0 Å². The maximum Gasteiger partial charge on any atom is 0.0107 e. The minimum Gasteiger partial charge on any atom is -0.315 e. The molecule has 14 heavy (non-hydrogen) atoms. The molecule has 0 spiro atoms. The van der Waals surface area contributed by atoms with Gasteiger partial charge in [0.05, 0.1) is 0 Å². The smallest absolute Gasteiger partial charge is 0.0107 e. The van der Waals surface area contributed by atoms with Crippen molar-refractivity contribution in [3.8, 4) is 0 Å². The van der Waals surface area contributed by atoms with Crippen LogP contribution in [0.3, 0.4) is 0 Å². The Hall–Kier alpha value is -0.0800. The number of rotatable bonds is 4. The second kappa shape index (κ2) is 5.72. The molecule has 0 amide bonds. The first-order valence-corrected chi connectivity index (χ1v) is 6.13. The largest absolute Gasteiger partial charge is 0.315 e. The topological polar surface area (TPSA) is 15.3 Å². The van der Waals surface area contributed by atoms with Crippen LogP contribution in [0.5, 0.6) is 0 Å². The maximum atomic E-state index is 3.46. The highest BCUT2D eigenvalue weighted by Gasteiger charge is 2.23. The summed E-state index contributed by atoms with van der Waals surface area (Å²) in [5, 5.41) is 3.46. The van der Waals surface area contributed by atoms with Gasteiger partial charge in [-0.1, -0.05) is 20.8 Å². The van der Waals surface area contributed by atoms with E-state index >= 15 is 0 Å². The van der Waals surface area contributed by atoms with Crippen molar-refractivity contribution in [1.82, 2.24) is 10.2 Å². The summed E-state index contributed by atoms with van der Waals surface area (Å²) in [4.78, 5) is 2.63. The summed E-state index contributed by atoms with van der Waals surface area (Å²) in [7, 11) is 0. The van der Waals surface area contributed by atoms with E-state index in [1.807, 2.05) is 0 Å². The van der Waals surface area contributed by atoms with E-state index in [1.54, 1.807) is 0 Å². The summed E-state index contributed by atoms with van der Waals surface area (Å²) >= 11 is 0. The zero-order chi connectivity index (χ0) is 10.4. The van der Waals surface area contributed by atoms with Gasteiger partial charge in [0, 0.05) is 19.6 Å². The monoisotopic (exact) mass is 198 g/mol. The summed E-state index contributed by atoms with van der Waals surface area (Å²) in [5.41, 5.74) is 0.532. The van der Waals surface area contributed by atoms with Crippen molar-refractivity contribution in [3.05, 3.63) is 0 Å². The molecular formula is C12H26N2. The van der Waals surface area contributed by atoms with E-state index in [0.717, 1.165) is 0 Å². The van der Waals surface area contributed by atoms with Gasteiger partial charge in [-0.2, -0.15) is 0 Å². The second-order valence-corrected chi connectivity index (χ2v) is 4.90. The average Bonchev–Trinajstić information content (AvgIpc) is 2.46. The number of hydrogen-bond acceptors (Lipinski definition) is 2. The lowest BCUT2D eigenvalue weighted by Crippen LogP contribution is -2.37. The van der Waals surface area contributed by atoms with E-state index in [0.29, 0.717) is 5.41 Å². The first-order chi connectivity index (χ1) is 6.70. The quantitative estimate of drug-likeness (QED) is 0.744. The number of hydrogen-bond donors (Lipinski definition) is 1. The summed E-state index contributed by atoms with van der Waals surface area (Å²) in [6.07, 6.45) is 3.91. The fourth-order valence-corrected chi connectivity index (χ4v) is 2.07. The lowest BCUT2D eigenvalue weighted by Gasteiger charge is -2.33. The second-order valence-electron chi connectivity index (χ2n) is 4.90. The fraction of sp³-hybridized carbons (Fsp3) is 1.00. The first kappa shape index (κ1) is 12.0. The van der Waals surface area contributed by atoms with Crippen molar-refractivity contribution in [2.75, 3.05) is 32.7 Å². The molecule has 0 aromatic rings. The molecule has 1 saturated heterocycles. The molecular weight excluding hydrogens is 172 g/mol. The zero-order valence-corrected chi connectivity index (χ0v) is 10.1. The molecule has 2 nitrogen and oxygen atoms in total. The van der Waals surface area contributed by atoms with E-state index in [9.17, 15) is 0 Å². The Morgan fingerprint density at radius 3 is 2.50 bits per heavy atom. The van der Waals surface area contributed by atoms with Crippen molar-refractivity contribution in [2.24, 2.45) is 5.41 Å². The molecule has 0 aromatic heterocycles. The van der Waals surface area contributed by atoms with E-state index < -0.39 is 0 Å². The van der Waals surface area contributed by atoms with Crippen molar-refractivity contribution in [1.29, 1.82) is 0 Å². The molecule has 0 aromatic carbocycles. The summed E-state index contributed by atoms with van der Waals surface area (Å²) in [6.45, 7) is 13.2. The van der Waals surface area contributed by atoms with Crippen molar-refractivity contribution < 1.29 is 0 Å². The van der Waals surface area contributed by atoms with Crippen molar-refractivity contribution in [3.63, 3.8) is 0 Å². The van der Waals surface area contributed by atoms with Gasteiger partial charge in [-0.05, 0) is 37.8 Å². The van der Waals surface area contributed by atoms with Gasteiger partial charge < -0.3 is 10.2 Å². The van der Waals surface area contributed by atoms with Crippen LogP contribution in [-0.2, 0) is 0 Å². The van der Waals surface area contributed by atoms with Crippen LogP contribution in [0.25, 0.3) is 0 Å². The molecule has 1 N–H and O–H groups in total. The van der Waals surface area contributed by atoms with Crippen LogP contribution in [0.4, 0.5) is 0 Å². The summed E-state index contributed by atoms with van der Waals surface area (Å²) in [6, 6.07) is 0. The van der Waals surface area contributed by atoms with Gasteiger partial charge in [0.25, 0.3) is 0 Å². The Kier molecular flexibility index (Phi) is 4.90. The third-order valence-electron chi connectivity index (χ3n) is 3.75. The van der Waals surface area contributed by atoms with E-state index in [2.05, 4.69) is 31.0 Å². The number of nitrogens with one attached hydrogen (secondary N) is 1. The highest BCUT2D eigenvalue weighted by Crippen LogP contribution is 2.26. The van der Waals surface area contributed by atoms with Gasteiger partial charge in [0.1, 0.15) is 0 Å². The Balaban J connectivity index is 2.39. The fourth-order valence-electron chi connectivity index (χ4n) is 2.07. The van der Waals surface area contributed by atoms with Gasteiger partial charge in [-0.3, -0.25) is 0 Å². The minimum atomic E-state index is 0.532. The van der Waals surface area contributed by atoms with Crippen LogP contribution >= 0.6 is 0 Å². The minimum absolute atomic E-state index is 0.532. The third-order valence-corrected chi connectivity index (χ3v) is 3.75. The van der Waals surface area contributed by atoms with Gasteiger partial charge in [-0.25, -0.2) is 0 Å². The highest BCUT2D eigenvalue weighted by molar-refractivity contribution is 4.77. The molecule has 1 rings (SSSR count). The Morgan fingerprint density at radius 2 is 1.86 bits per heavy atom. The third kappa shape index (κ3) is 3.58. The van der Waals surface area contributed by atoms with Gasteiger partial charge >= 0.3 is 0 Å². The normalized spacial score (nSPS) is 20.8. The number of nitrogens with zero attached hydrogens (tertiary/aromatic N) is 1. The Labute approximate surface area is 89.1 Å². The predicted molar refractivity (Wildman–Crippen MR) is 62.6 cm³/mol. The van der Waals surface area contributed by atoms with Gasteiger partial charge in [-0.15, -0.1) is 0 Å². The lowest BCUT2D eigenvalue weighted by atomic mass is 9.84.